The molecule has 0 bridgehead atoms. The Labute approximate surface area is 181 Å². The Bertz CT molecular complexity index is 744. The smallest absolute Gasteiger partial charge is 0.0839 e. The highest BCUT2D eigenvalue weighted by Gasteiger charge is 2.34. The predicted molar refractivity (Wildman–Crippen MR) is 127 cm³/mol. The fourth-order valence-electron chi connectivity index (χ4n) is 4.22. The monoisotopic (exact) mass is 533 g/mol. The highest BCUT2D eigenvalue weighted by molar-refractivity contribution is 9.11. The first-order chi connectivity index (χ1) is 12.5. The second-order valence-electron chi connectivity index (χ2n) is 6.97. The van der Waals surface area contributed by atoms with E-state index in [9.17, 15) is 0 Å². The number of hydrogen-bond donors (Lipinski definition) is 0. The van der Waals surface area contributed by atoms with Crippen LogP contribution in [-0.2, 0) is 0 Å². The van der Waals surface area contributed by atoms with Crippen LogP contribution in [0.3, 0.4) is 0 Å². The summed E-state index contributed by atoms with van der Waals surface area (Å²) in [5, 5.41) is 0. The van der Waals surface area contributed by atoms with E-state index in [1.54, 1.807) is 0 Å². The van der Waals surface area contributed by atoms with Crippen LogP contribution in [0.4, 0.5) is 0 Å². The van der Waals surface area contributed by atoms with E-state index < -0.39 is 6.15 Å². The van der Waals surface area contributed by atoms with E-state index in [0.717, 1.165) is 19.8 Å². The largest absolute Gasteiger partial charge is 0.200 e. The summed E-state index contributed by atoms with van der Waals surface area (Å²) in [6, 6.07) is 26.6. The van der Waals surface area contributed by atoms with Gasteiger partial charge in [0.1, 0.15) is 0 Å². The Morgan fingerprint density at radius 2 is 0.885 bits per heavy atom. The molecule has 3 aromatic carbocycles. The second-order valence-corrected chi connectivity index (χ2v) is 9.72. The van der Waals surface area contributed by atoms with Crippen LogP contribution in [0, 0.1) is 0 Å². The van der Waals surface area contributed by atoms with Gasteiger partial charge >= 0.3 is 0 Å². The lowest BCUT2D eigenvalue weighted by atomic mass is 9.10. The van der Waals surface area contributed by atoms with E-state index in [2.05, 4.69) is 134 Å². The third-order valence-electron chi connectivity index (χ3n) is 5.68. The third kappa shape index (κ3) is 3.74. The molecule has 0 fully saturated rings. The molecule has 0 spiro atoms. The quantitative estimate of drug-likeness (QED) is 0.339. The normalized spacial score (nSPS) is 12.8. The van der Waals surface area contributed by atoms with Crippen molar-refractivity contribution < 1.29 is 0 Å². The lowest BCUT2D eigenvalue weighted by Crippen LogP contribution is -2.69. The molecule has 0 nitrogen and oxygen atoms in total. The van der Waals surface area contributed by atoms with Crippen LogP contribution >= 0.6 is 47.8 Å². The van der Waals surface area contributed by atoms with Gasteiger partial charge in [0.05, 0.1) is 6.15 Å². The van der Waals surface area contributed by atoms with E-state index in [4.69, 9.17) is 0 Å². The van der Waals surface area contributed by atoms with Gasteiger partial charge in [0.15, 0.2) is 0 Å². The van der Waals surface area contributed by atoms with Crippen molar-refractivity contribution in [2.24, 2.45) is 0 Å². The van der Waals surface area contributed by atoms with Crippen LogP contribution in [0.15, 0.2) is 86.2 Å². The molecule has 0 aliphatic rings. The van der Waals surface area contributed by atoms with Gasteiger partial charge in [0.25, 0.3) is 0 Å². The lowest BCUT2D eigenvalue weighted by molar-refractivity contribution is 0.857. The molecule has 0 saturated carbocycles. The molecule has 0 aliphatic carbocycles. The van der Waals surface area contributed by atoms with Crippen molar-refractivity contribution in [1.29, 1.82) is 0 Å². The van der Waals surface area contributed by atoms with Gasteiger partial charge in [-0.2, -0.15) is 22.2 Å². The zero-order valence-electron chi connectivity index (χ0n) is 14.9. The summed E-state index contributed by atoms with van der Waals surface area (Å²) in [5.74, 6) is 0.499. The zero-order valence-corrected chi connectivity index (χ0v) is 19.7. The summed E-state index contributed by atoms with van der Waals surface area (Å²) in [4.78, 5) is 0. The average Bonchev–Trinajstić information content (AvgIpc) is 2.66. The molecule has 0 N–H and O–H groups in total. The zero-order chi connectivity index (χ0) is 18.7. The van der Waals surface area contributed by atoms with Gasteiger partial charge in [-0.3, -0.25) is 0 Å². The van der Waals surface area contributed by atoms with Gasteiger partial charge < -0.3 is 0 Å². The number of rotatable bonds is 5. The number of hydrogen-bond acceptors (Lipinski definition) is 0. The summed E-state index contributed by atoms with van der Waals surface area (Å²) in [6.07, 6.45) is 0.0333. The van der Waals surface area contributed by atoms with Crippen molar-refractivity contribution in [3.05, 3.63) is 86.2 Å². The lowest BCUT2D eigenvalue weighted by Gasteiger charge is -2.48. The summed E-state index contributed by atoms with van der Waals surface area (Å²) in [7, 11) is 0. The molecule has 0 aromatic heterocycles. The van der Waals surface area contributed by atoms with Gasteiger partial charge in [-0.25, -0.2) is 0 Å². The standard InChI is InChI=1S/C22H21BBr3/c1-3-16(2)23(17-4-10-20(24)11-5-17,18-6-12-21(25)13-7-18)19-8-14-22(26)15-9-19/h4-16H,3H2,1-2H3/q-1. The van der Waals surface area contributed by atoms with Gasteiger partial charge in [-0.1, -0.05) is 141 Å². The second kappa shape index (κ2) is 8.45. The molecule has 1 atom stereocenters. The summed E-state index contributed by atoms with van der Waals surface area (Å²) >= 11 is 10.8. The maximum absolute atomic E-state index is 3.59. The fraction of sp³-hybridized carbons (Fsp3) is 0.182. The molecule has 1 unspecified atom stereocenters. The maximum Gasteiger partial charge on any atom is 0.0839 e. The summed E-state index contributed by atoms with van der Waals surface area (Å²) in [6.45, 7) is 4.67. The van der Waals surface area contributed by atoms with Crippen LogP contribution in [0.1, 0.15) is 20.3 Å². The van der Waals surface area contributed by atoms with Gasteiger partial charge in [-0.15, -0.1) is 0 Å². The van der Waals surface area contributed by atoms with Crippen molar-refractivity contribution >= 4 is 70.3 Å². The highest BCUT2D eigenvalue weighted by Crippen LogP contribution is 2.27. The molecular formula is C22H21BBr3-. The van der Waals surface area contributed by atoms with Crippen LogP contribution in [0.25, 0.3) is 0 Å². The molecule has 0 amide bonds. The molecular weight excluding hydrogens is 515 g/mol. The Hall–Kier alpha value is -0.835. The van der Waals surface area contributed by atoms with E-state index >= 15 is 0 Å². The van der Waals surface area contributed by atoms with E-state index in [1.807, 2.05) is 0 Å². The van der Waals surface area contributed by atoms with Gasteiger partial charge in [0.2, 0.25) is 0 Å². The molecule has 26 heavy (non-hydrogen) atoms. The molecule has 0 saturated heterocycles. The van der Waals surface area contributed by atoms with Crippen molar-refractivity contribution in [1.82, 2.24) is 0 Å². The first-order valence-corrected chi connectivity index (χ1v) is 11.3. The van der Waals surface area contributed by atoms with Crippen molar-refractivity contribution in [2.45, 2.75) is 26.1 Å². The first kappa shape index (κ1) is 19.9. The molecule has 3 aromatic rings. The Morgan fingerprint density at radius 1 is 0.615 bits per heavy atom. The number of halogens is 3. The van der Waals surface area contributed by atoms with Gasteiger partial charge in [-0.05, 0) is 0 Å². The Balaban J connectivity index is 2.35. The minimum absolute atomic E-state index is 0.499. The van der Waals surface area contributed by atoms with E-state index in [1.165, 1.54) is 16.4 Å². The van der Waals surface area contributed by atoms with E-state index in [-0.39, 0.29) is 0 Å². The average molecular weight is 536 g/mol. The molecule has 0 radical (unpaired) electrons. The van der Waals surface area contributed by atoms with Crippen LogP contribution in [0.2, 0.25) is 5.82 Å². The molecule has 3 rings (SSSR count). The summed E-state index contributed by atoms with van der Waals surface area (Å²) in [5.41, 5.74) is 4.14. The van der Waals surface area contributed by atoms with Crippen molar-refractivity contribution in [3.8, 4) is 0 Å². The van der Waals surface area contributed by atoms with Crippen LogP contribution in [-0.4, -0.2) is 6.15 Å². The summed E-state index contributed by atoms with van der Waals surface area (Å²) < 4.78 is 3.34. The van der Waals surface area contributed by atoms with Crippen molar-refractivity contribution in [2.75, 3.05) is 0 Å². The SMILES string of the molecule is CCC(C)[B-](c1ccc(Br)cc1)(c1ccc(Br)cc1)c1ccc(Br)cc1. The Kier molecular flexibility index (Phi) is 6.47. The molecule has 0 heterocycles. The first-order valence-electron chi connectivity index (χ1n) is 8.92. The Morgan fingerprint density at radius 3 is 1.12 bits per heavy atom. The highest BCUT2D eigenvalue weighted by atomic mass is 79.9. The maximum atomic E-state index is 3.59. The van der Waals surface area contributed by atoms with Crippen LogP contribution in [0.5, 0.6) is 0 Å². The third-order valence-corrected chi connectivity index (χ3v) is 7.27. The minimum Gasteiger partial charge on any atom is -0.200 e. The predicted octanol–water partition coefficient (Wildman–Crippen LogP) is 6.24. The van der Waals surface area contributed by atoms with Gasteiger partial charge in [0, 0.05) is 13.4 Å². The number of benzene rings is 3. The molecule has 134 valence electrons. The van der Waals surface area contributed by atoms with E-state index in [0.29, 0.717) is 5.82 Å². The minimum atomic E-state index is -1.08. The molecule has 4 heteroatoms. The molecule has 0 aliphatic heterocycles. The van der Waals surface area contributed by atoms with Crippen LogP contribution < -0.4 is 16.4 Å². The topological polar surface area (TPSA) is 0 Å². The fourth-order valence-corrected chi connectivity index (χ4v) is 5.01. The van der Waals surface area contributed by atoms with Crippen molar-refractivity contribution in [3.63, 3.8) is 0 Å².